The summed E-state index contributed by atoms with van der Waals surface area (Å²) in [6.45, 7) is 3.13. The molecule has 108 valence electrons. The Morgan fingerprint density at radius 2 is 1.85 bits per heavy atom. The minimum Gasteiger partial charge on any atom is -0.479 e. The van der Waals surface area contributed by atoms with Gasteiger partial charge >= 0.3 is 5.97 Å². The summed E-state index contributed by atoms with van der Waals surface area (Å²) >= 11 is 0. The zero-order valence-electron chi connectivity index (χ0n) is 11.6. The number of benzene rings is 1. The van der Waals surface area contributed by atoms with Crippen LogP contribution in [0.1, 0.15) is 25.3 Å². The van der Waals surface area contributed by atoms with Crippen LogP contribution in [-0.2, 0) is 15.1 Å². The largest absolute Gasteiger partial charge is 0.479 e. The van der Waals surface area contributed by atoms with Crippen molar-refractivity contribution in [3.63, 3.8) is 0 Å². The first-order valence-electron chi connectivity index (χ1n) is 6.85. The summed E-state index contributed by atoms with van der Waals surface area (Å²) in [6.07, 6.45) is 1.49. The fraction of sp³-hybridized carbons (Fsp3) is 0.467. The number of carbonyl (C=O) groups excluding carboxylic acids is 1. The highest BCUT2D eigenvalue weighted by atomic mass is 16.4. The van der Waals surface area contributed by atoms with Gasteiger partial charge in [0.2, 0.25) is 5.91 Å². The second-order valence-corrected chi connectivity index (χ2v) is 5.31. The Kier molecular flexibility index (Phi) is 4.39. The highest BCUT2D eigenvalue weighted by Crippen LogP contribution is 2.23. The van der Waals surface area contributed by atoms with Gasteiger partial charge in [0.25, 0.3) is 0 Å². The maximum absolute atomic E-state index is 12.3. The highest BCUT2D eigenvalue weighted by molar-refractivity contribution is 5.88. The summed E-state index contributed by atoms with van der Waals surface area (Å²) in [5, 5.41) is 15.4. The Bertz CT molecular complexity index is 483. The molecule has 0 aromatic heterocycles. The van der Waals surface area contributed by atoms with Crippen molar-refractivity contribution >= 4 is 11.9 Å². The van der Waals surface area contributed by atoms with Gasteiger partial charge in [0.15, 0.2) is 5.54 Å². The summed E-state index contributed by atoms with van der Waals surface area (Å²) in [5.41, 5.74) is -0.807. The molecule has 1 aliphatic rings. The second kappa shape index (κ2) is 6.05. The van der Waals surface area contributed by atoms with Crippen molar-refractivity contribution in [2.75, 3.05) is 13.1 Å². The molecule has 0 aliphatic carbocycles. The standard InChI is InChI=1S/C15H20N2O3/c1-15(14(19)20,12-5-3-2-4-6-12)17-13(18)11-7-9-16-10-8-11/h2-6,11,16H,7-10H2,1H3,(H,17,18)(H,19,20). The smallest absolute Gasteiger partial charge is 0.333 e. The summed E-state index contributed by atoms with van der Waals surface area (Å²) in [6, 6.07) is 8.80. The lowest BCUT2D eigenvalue weighted by Crippen LogP contribution is -2.52. The van der Waals surface area contributed by atoms with Gasteiger partial charge in [-0.15, -0.1) is 0 Å². The number of carbonyl (C=O) groups is 2. The van der Waals surface area contributed by atoms with E-state index in [1.54, 1.807) is 24.3 Å². The van der Waals surface area contributed by atoms with E-state index in [1.807, 2.05) is 6.07 Å². The van der Waals surface area contributed by atoms with Crippen molar-refractivity contribution in [2.24, 2.45) is 5.92 Å². The minimum absolute atomic E-state index is 0.112. The van der Waals surface area contributed by atoms with Crippen LogP contribution in [0.5, 0.6) is 0 Å². The van der Waals surface area contributed by atoms with Gasteiger partial charge in [-0.1, -0.05) is 30.3 Å². The van der Waals surface area contributed by atoms with Crippen molar-refractivity contribution in [3.05, 3.63) is 35.9 Å². The zero-order valence-corrected chi connectivity index (χ0v) is 11.6. The molecule has 3 N–H and O–H groups in total. The van der Waals surface area contributed by atoms with E-state index in [2.05, 4.69) is 10.6 Å². The Morgan fingerprint density at radius 3 is 2.40 bits per heavy atom. The number of hydrogen-bond acceptors (Lipinski definition) is 3. The van der Waals surface area contributed by atoms with Gasteiger partial charge in [-0.2, -0.15) is 0 Å². The van der Waals surface area contributed by atoms with Crippen molar-refractivity contribution < 1.29 is 14.7 Å². The van der Waals surface area contributed by atoms with Crippen LogP contribution in [0, 0.1) is 5.92 Å². The third-order valence-corrected chi connectivity index (χ3v) is 3.86. The first kappa shape index (κ1) is 14.5. The Labute approximate surface area is 118 Å². The number of nitrogens with one attached hydrogen (secondary N) is 2. The number of aliphatic carboxylic acids is 1. The molecule has 5 heteroatoms. The third-order valence-electron chi connectivity index (χ3n) is 3.86. The van der Waals surface area contributed by atoms with Crippen molar-refractivity contribution in [1.82, 2.24) is 10.6 Å². The molecule has 1 atom stereocenters. The summed E-state index contributed by atoms with van der Waals surface area (Å²) in [5.74, 6) is -1.34. The van der Waals surface area contributed by atoms with E-state index in [4.69, 9.17) is 0 Å². The van der Waals surface area contributed by atoms with Crippen molar-refractivity contribution in [1.29, 1.82) is 0 Å². The van der Waals surface area contributed by atoms with Crippen LogP contribution in [0.3, 0.4) is 0 Å². The van der Waals surface area contributed by atoms with Crippen molar-refractivity contribution in [3.8, 4) is 0 Å². The van der Waals surface area contributed by atoms with Crippen LogP contribution in [0.2, 0.25) is 0 Å². The van der Waals surface area contributed by atoms with E-state index in [0.717, 1.165) is 25.9 Å². The average molecular weight is 276 g/mol. The number of hydrogen-bond donors (Lipinski definition) is 3. The molecule has 1 saturated heterocycles. The highest BCUT2D eigenvalue weighted by Gasteiger charge is 2.38. The molecule has 1 unspecified atom stereocenters. The Morgan fingerprint density at radius 1 is 1.25 bits per heavy atom. The second-order valence-electron chi connectivity index (χ2n) is 5.31. The van der Waals surface area contributed by atoms with E-state index >= 15 is 0 Å². The van der Waals surface area contributed by atoms with Crippen LogP contribution in [0.15, 0.2) is 30.3 Å². The first-order valence-corrected chi connectivity index (χ1v) is 6.85. The molecule has 1 fully saturated rings. The van der Waals surface area contributed by atoms with Gasteiger partial charge in [-0.3, -0.25) is 4.79 Å². The van der Waals surface area contributed by atoms with Gasteiger partial charge in [0.05, 0.1) is 0 Å². The molecule has 1 aliphatic heterocycles. The maximum Gasteiger partial charge on any atom is 0.333 e. The first-order chi connectivity index (χ1) is 9.54. The van der Waals surface area contributed by atoms with Crippen LogP contribution < -0.4 is 10.6 Å². The summed E-state index contributed by atoms with van der Waals surface area (Å²) < 4.78 is 0. The summed E-state index contributed by atoms with van der Waals surface area (Å²) in [4.78, 5) is 23.9. The van der Waals surface area contributed by atoms with Crippen LogP contribution >= 0.6 is 0 Å². The van der Waals surface area contributed by atoms with Gasteiger partial charge in [-0.25, -0.2) is 4.79 Å². The average Bonchev–Trinajstić information content (AvgIpc) is 2.48. The lowest BCUT2D eigenvalue weighted by atomic mass is 9.89. The molecular weight excluding hydrogens is 256 g/mol. The number of amides is 1. The predicted molar refractivity (Wildman–Crippen MR) is 75.2 cm³/mol. The summed E-state index contributed by atoms with van der Waals surface area (Å²) in [7, 11) is 0. The van der Waals surface area contributed by atoms with E-state index < -0.39 is 11.5 Å². The fourth-order valence-electron chi connectivity index (χ4n) is 2.45. The molecule has 0 spiro atoms. The van der Waals surface area contributed by atoms with E-state index in [9.17, 15) is 14.7 Å². The monoisotopic (exact) mass is 276 g/mol. The topological polar surface area (TPSA) is 78.4 Å². The predicted octanol–water partition coefficient (Wildman–Crippen LogP) is 1.10. The van der Waals surface area contributed by atoms with Crippen LogP contribution in [0.4, 0.5) is 0 Å². The number of piperidine rings is 1. The molecule has 0 radical (unpaired) electrons. The van der Waals surface area contributed by atoms with Gasteiger partial charge in [-0.05, 0) is 38.4 Å². The number of rotatable bonds is 4. The van der Waals surface area contributed by atoms with Crippen LogP contribution in [0.25, 0.3) is 0 Å². The number of carboxylic acid groups (broad SMARTS) is 1. The molecule has 20 heavy (non-hydrogen) atoms. The third kappa shape index (κ3) is 2.99. The van der Waals surface area contributed by atoms with E-state index in [-0.39, 0.29) is 11.8 Å². The molecule has 5 nitrogen and oxygen atoms in total. The Hall–Kier alpha value is -1.88. The Balaban J connectivity index is 2.17. The molecular formula is C15H20N2O3. The maximum atomic E-state index is 12.3. The minimum atomic E-state index is -1.39. The van der Waals surface area contributed by atoms with E-state index in [0.29, 0.717) is 5.56 Å². The zero-order chi connectivity index (χ0) is 14.6. The van der Waals surface area contributed by atoms with Gasteiger partial charge in [0.1, 0.15) is 0 Å². The van der Waals surface area contributed by atoms with Crippen LogP contribution in [-0.4, -0.2) is 30.1 Å². The van der Waals surface area contributed by atoms with Crippen molar-refractivity contribution in [2.45, 2.75) is 25.3 Å². The molecule has 1 aromatic carbocycles. The molecule has 1 aromatic rings. The lowest BCUT2D eigenvalue weighted by molar-refractivity contribution is -0.148. The molecule has 0 saturated carbocycles. The van der Waals surface area contributed by atoms with E-state index in [1.165, 1.54) is 6.92 Å². The fourth-order valence-corrected chi connectivity index (χ4v) is 2.45. The quantitative estimate of drug-likeness (QED) is 0.769. The SMILES string of the molecule is CC(NC(=O)C1CCNCC1)(C(=O)O)c1ccccc1. The lowest BCUT2D eigenvalue weighted by Gasteiger charge is -2.30. The molecule has 1 heterocycles. The molecule has 2 rings (SSSR count). The van der Waals surface area contributed by atoms with Gasteiger partial charge in [0, 0.05) is 5.92 Å². The molecule has 0 bridgehead atoms. The van der Waals surface area contributed by atoms with Gasteiger partial charge < -0.3 is 15.7 Å². The molecule has 1 amide bonds. The normalized spacial score (nSPS) is 19.1. The number of carboxylic acids is 1.